The van der Waals surface area contributed by atoms with Gasteiger partial charge in [-0.3, -0.25) is 0 Å². The molecular formula is C14H21FN2O2S. The first kappa shape index (κ1) is 15.3. The lowest BCUT2D eigenvalue weighted by molar-refractivity contribution is 0.448. The number of nitrogens with two attached hydrogens (primary N) is 1. The average Bonchev–Trinajstić information content (AvgIpc) is 3.12. The summed E-state index contributed by atoms with van der Waals surface area (Å²) < 4.78 is 40.7. The zero-order valence-electron chi connectivity index (χ0n) is 11.9. The number of sulfonamides is 1. The molecule has 1 aliphatic carbocycles. The lowest BCUT2D eigenvalue weighted by Crippen LogP contribution is -2.31. The zero-order chi connectivity index (χ0) is 15.0. The molecule has 1 saturated carbocycles. The molecule has 0 amide bonds. The third kappa shape index (κ3) is 3.12. The predicted octanol–water partition coefficient (Wildman–Crippen LogP) is 2.57. The minimum Gasteiger partial charge on any atom is -0.398 e. The van der Waals surface area contributed by atoms with Crippen molar-refractivity contribution in [2.45, 2.75) is 44.4 Å². The van der Waals surface area contributed by atoms with Gasteiger partial charge < -0.3 is 5.73 Å². The van der Waals surface area contributed by atoms with Crippen molar-refractivity contribution in [1.82, 2.24) is 4.72 Å². The van der Waals surface area contributed by atoms with E-state index in [2.05, 4.69) is 11.6 Å². The minimum absolute atomic E-state index is 0.0779. The van der Waals surface area contributed by atoms with E-state index in [1.807, 2.05) is 0 Å². The standard InChI is InChI=1S/C14H21FN2O2S/c1-3-4-14(5-6-14)9-17-20(18,19)13-8-12(16)10(2)7-11(13)15/h7-8,17H,3-6,9,16H2,1-2H3. The fourth-order valence-electron chi connectivity index (χ4n) is 2.42. The first-order valence-electron chi connectivity index (χ1n) is 6.85. The van der Waals surface area contributed by atoms with Crippen molar-refractivity contribution < 1.29 is 12.8 Å². The van der Waals surface area contributed by atoms with Gasteiger partial charge in [0, 0.05) is 12.2 Å². The Kier molecular flexibility index (Phi) is 4.07. The fourth-order valence-corrected chi connectivity index (χ4v) is 3.67. The first-order chi connectivity index (χ1) is 9.30. The van der Waals surface area contributed by atoms with Gasteiger partial charge in [0.15, 0.2) is 0 Å². The van der Waals surface area contributed by atoms with Crippen LogP contribution in [0.3, 0.4) is 0 Å². The Morgan fingerprint density at radius 2 is 2.05 bits per heavy atom. The van der Waals surface area contributed by atoms with E-state index in [1.54, 1.807) is 6.92 Å². The molecule has 6 heteroatoms. The minimum atomic E-state index is -3.85. The van der Waals surface area contributed by atoms with Gasteiger partial charge in [-0.15, -0.1) is 0 Å². The van der Waals surface area contributed by atoms with Crippen LogP contribution >= 0.6 is 0 Å². The van der Waals surface area contributed by atoms with Crippen molar-refractivity contribution in [3.05, 3.63) is 23.5 Å². The van der Waals surface area contributed by atoms with Crippen molar-refractivity contribution in [3.63, 3.8) is 0 Å². The van der Waals surface area contributed by atoms with Gasteiger partial charge in [0.1, 0.15) is 10.7 Å². The molecule has 112 valence electrons. The van der Waals surface area contributed by atoms with E-state index in [1.165, 1.54) is 6.07 Å². The molecule has 0 unspecified atom stereocenters. The molecule has 0 bridgehead atoms. The first-order valence-corrected chi connectivity index (χ1v) is 8.33. The summed E-state index contributed by atoms with van der Waals surface area (Å²) in [5.41, 5.74) is 6.56. The lowest BCUT2D eigenvalue weighted by Gasteiger charge is -2.16. The number of nitrogen functional groups attached to an aromatic ring is 1. The molecule has 0 heterocycles. The second kappa shape index (κ2) is 5.33. The van der Waals surface area contributed by atoms with E-state index in [0.29, 0.717) is 12.1 Å². The van der Waals surface area contributed by atoms with Crippen molar-refractivity contribution in [2.75, 3.05) is 12.3 Å². The highest BCUT2D eigenvalue weighted by Crippen LogP contribution is 2.49. The molecule has 0 aliphatic heterocycles. The van der Waals surface area contributed by atoms with Gasteiger partial charge in [0.2, 0.25) is 10.0 Å². The number of anilines is 1. The number of rotatable bonds is 6. The van der Waals surface area contributed by atoms with Gasteiger partial charge in [-0.2, -0.15) is 0 Å². The van der Waals surface area contributed by atoms with Crippen molar-refractivity contribution >= 4 is 15.7 Å². The molecule has 0 atom stereocenters. The maximum Gasteiger partial charge on any atom is 0.243 e. The van der Waals surface area contributed by atoms with Crippen LogP contribution in [0.15, 0.2) is 17.0 Å². The molecule has 3 N–H and O–H groups in total. The summed E-state index contributed by atoms with van der Waals surface area (Å²) in [5.74, 6) is -0.760. The number of halogens is 1. The summed E-state index contributed by atoms with van der Waals surface area (Å²) >= 11 is 0. The highest BCUT2D eigenvalue weighted by molar-refractivity contribution is 7.89. The number of hydrogen-bond donors (Lipinski definition) is 2. The van der Waals surface area contributed by atoms with Gasteiger partial charge in [-0.1, -0.05) is 13.3 Å². The van der Waals surface area contributed by atoms with Crippen molar-refractivity contribution in [1.29, 1.82) is 0 Å². The smallest absolute Gasteiger partial charge is 0.243 e. The molecule has 0 saturated heterocycles. The van der Waals surface area contributed by atoms with E-state index in [0.717, 1.165) is 31.7 Å². The number of nitrogens with one attached hydrogen (secondary N) is 1. The molecule has 2 rings (SSSR count). The second-order valence-electron chi connectivity index (χ2n) is 5.71. The summed E-state index contributed by atoms with van der Waals surface area (Å²) in [6, 6.07) is 2.34. The molecule has 0 aromatic heterocycles. The van der Waals surface area contributed by atoms with Crippen molar-refractivity contribution in [3.8, 4) is 0 Å². The maximum atomic E-state index is 13.8. The highest BCUT2D eigenvalue weighted by atomic mass is 32.2. The molecule has 1 aliphatic rings. The normalized spacial score (nSPS) is 17.1. The number of aryl methyl sites for hydroxylation is 1. The van der Waals surface area contributed by atoms with Crippen LogP contribution in [0.25, 0.3) is 0 Å². The van der Waals surface area contributed by atoms with Crippen LogP contribution in [-0.4, -0.2) is 15.0 Å². The van der Waals surface area contributed by atoms with Crippen molar-refractivity contribution in [2.24, 2.45) is 5.41 Å². The van der Waals surface area contributed by atoms with Gasteiger partial charge in [-0.25, -0.2) is 17.5 Å². The lowest BCUT2D eigenvalue weighted by atomic mass is 10.0. The van der Waals surface area contributed by atoms with Crippen LogP contribution in [0, 0.1) is 18.2 Å². The third-order valence-corrected chi connectivity index (χ3v) is 5.40. The molecule has 4 nitrogen and oxygen atoms in total. The Bertz CT molecular complexity index is 610. The molecule has 0 spiro atoms. The molecular weight excluding hydrogens is 279 g/mol. The molecule has 1 aromatic carbocycles. The van der Waals surface area contributed by atoms with E-state index in [4.69, 9.17) is 5.73 Å². The van der Waals surface area contributed by atoms with Crippen LogP contribution in [0.4, 0.5) is 10.1 Å². The van der Waals surface area contributed by atoms with Gasteiger partial charge in [-0.05, 0) is 49.3 Å². The van der Waals surface area contributed by atoms with Crippen LogP contribution < -0.4 is 10.5 Å². The second-order valence-corrected chi connectivity index (χ2v) is 7.45. The highest BCUT2D eigenvalue weighted by Gasteiger charge is 2.42. The predicted molar refractivity (Wildman–Crippen MR) is 77.3 cm³/mol. The maximum absolute atomic E-state index is 13.8. The summed E-state index contributed by atoms with van der Waals surface area (Å²) in [6.07, 6.45) is 4.07. The topological polar surface area (TPSA) is 72.2 Å². The molecule has 1 aromatic rings. The van der Waals surface area contributed by atoms with E-state index in [-0.39, 0.29) is 16.0 Å². The molecule has 1 fully saturated rings. The third-order valence-electron chi connectivity index (χ3n) is 3.98. The Morgan fingerprint density at radius 1 is 1.40 bits per heavy atom. The van der Waals surface area contributed by atoms with Crippen LogP contribution in [0.5, 0.6) is 0 Å². The fraction of sp³-hybridized carbons (Fsp3) is 0.571. The number of benzene rings is 1. The molecule has 20 heavy (non-hydrogen) atoms. The van der Waals surface area contributed by atoms with Gasteiger partial charge in [0.05, 0.1) is 0 Å². The van der Waals surface area contributed by atoms with Crippen LogP contribution in [0.2, 0.25) is 0 Å². The summed E-state index contributed by atoms with van der Waals surface area (Å²) in [4.78, 5) is -0.368. The van der Waals surface area contributed by atoms with E-state index >= 15 is 0 Å². The number of hydrogen-bond acceptors (Lipinski definition) is 3. The zero-order valence-corrected chi connectivity index (χ0v) is 12.7. The summed E-state index contributed by atoms with van der Waals surface area (Å²) in [6.45, 7) is 4.09. The summed E-state index contributed by atoms with van der Waals surface area (Å²) in [5, 5.41) is 0. The largest absolute Gasteiger partial charge is 0.398 e. The Balaban J connectivity index is 2.17. The summed E-state index contributed by atoms with van der Waals surface area (Å²) in [7, 11) is -3.85. The van der Waals surface area contributed by atoms with E-state index < -0.39 is 15.8 Å². The van der Waals surface area contributed by atoms with Gasteiger partial charge in [0.25, 0.3) is 0 Å². The quantitative estimate of drug-likeness (QED) is 0.793. The van der Waals surface area contributed by atoms with Crippen LogP contribution in [-0.2, 0) is 10.0 Å². The Morgan fingerprint density at radius 3 is 2.60 bits per heavy atom. The average molecular weight is 300 g/mol. The monoisotopic (exact) mass is 300 g/mol. The van der Waals surface area contributed by atoms with E-state index in [9.17, 15) is 12.8 Å². The Hall–Kier alpha value is -1.14. The van der Waals surface area contributed by atoms with Gasteiger partial charge >= 0.3 is 0 Å². The Labute approximate surface area is 119 Å². The van der Waals surface area contributed by atoms with Crippen LogP contribution in [0.1, 0.15) is 38.2 Å². The SMILES string of the molecule is CCCC1(CNS(=O)(=O)c2cc(N)c(C)cc2F)CC1. The molecule has 0 radical (unpaired) electrons.